The number of rotatable bonds is 5. The van der Waals surface area contributed by atoms with E-state index in [1.54, 1.807) is 38.5 Å². The predicted molar refractivity (Wildman–Crippen MR) is 83.7 cm³/mol. The van der Waals surface area contributed by atoms with E-state index in [9.17, 15) is 0 Å². The lowest BCUT2D eigenvalue weighted by Crippen LogP contribution is -2.47. The summed E-state index contributed by atoms with van der Waals surface area (Å²) in [6.07, 6.45) is 12.5. The molecule has 0 aromatic heterocycles. The van der Waals surface area contributed by atoms with Crippen LogP contribution in [-0.4, -0.2) is 38.1 Å². The summed E-state index contributed by atoms with van der Waals surface area (Å²) < 4.78 is 0. The summed E-state index contributed by atoms with van der Waals surface area (Å²) in [5, 5.41) is 3.35. The smallest absolute Gasteiger partial charge is 0.00223 e. The van der Waals surface area contributed by atoms with Crippen molar-refractivity contribution in [3.63, 3.8) is 0 Å². The Labute approximate surface area is 124 Å². The minimum atomic E-state index is 0.788. The number of likely N-dealkylation sites (tertiary alicyclic amines) is 1. The van der Waals surface area contributed by atoms with Gasteiger partial charge in [-0.3, -0.25) is 0 Å². The third-order valence-electron chi connectivity index (χ3n) is 6.99. The second-order valence-corrected chi connectivity index (χ2v) is 8.68. The van der Waals surface area contributed by atoms with Crippen molar-refractivity contribution >= 4 is 0 Å². The molecule has 5 fully saturated rings. The normalized spacial score (nSPS) is 47.2. The van der Waals surface area contributed by atoms with Crippen LogP contribution in [0.2, 0.25) is 0 Å². The molecule has 0 amide bonds. The average molecular weight is 276 g/mol. The molecule has 1 aliphatic heterocycles. The van der Waals surface area contributed by atoms with Crippen LogP contribution in [-0.2, 0) is 0 Å². The van der Waals surface area contributed by atoms with Crippen molar-refractivity contribution in [2.24, 2.45) is 29.1 Å². The lowest BCUT2D eigenvalue weighted by atomic mass is 9.49. The summed E-state index contributed by atoms with van der Waals surface area (Å²) in [7, 11) is 2.10. The van der Waals surface area contributed by atoms with Crippen LogP contribution >= 0.6 is 0 Å². The molecule has 1 atom stereocenters. The zero-order chi connectivity index (χ0) is 13.6. The summed E-state index contributed by atoms with van der Waals surface area (Å²) >= 11 is 0. The molecule has 20 heavy (non-hydrogen) atoms. The zero-order valence-corrected chi connectivity index (χ0v) is 13.2. The van der Waals surface area contributed by atoms with Crippen molar-refractivity contribution in [2.75, 3.05) is 33.2 Å². The SMILES string of the molecule is CNCC1CCN(CCC23CC4CC(CC(C4)C2)C3)C1. The average Bonchev–Trinajstić information content (AvgIpc) is 2.83. The Morgan fingerprint density at radius 2 is 1.70 bits per heavy atom. The molecular weight excluding hydrogens is 244 g/mol. The highest BCUT2D eigenvalue weighted by Crippen LogP contribution is 2.61. The van der Waals surface area contributed by atoms with Crippen LogP contribution in [0.5, 0.6) is 0 Å². The van der Waals surface area contributed by atoms with Crippen LogP contribution in [0.4, 0.5) is 0 Å². The first-order chi connectivity index (χ1) is 9.75. The van der Waals surface area contributed by atoms with Gasteiger partial charge in [0.25, 0.3) is 0 Å². The monoisotopic (exact) mass is 276 g/mol. The van der Waals surface area contributed by atoms with E-state index in [1.165, 1.54) is 39.0 Å². The Morgan fingerprint density at radius 3 is 2.30 bits per heavy atom. The molecule has 114 valence electrons. The number of hydrogen-bond acceptors (Lipinski definition) is 2. The Balaban J connectivity index is 1.31. The molecule has 0 spiro atoms. The van der Waals surface area contributed by atoms with E-state index in [1.807, 2.05) is 0 Å². The molecule has 1 unspecified atom stereocenters. The number of nitrogens with zero attached hydrogens (tertiary/aromatic N) is 1. The minimum Gasteiger partial charge on any atom is -0.319 e. The quantitative estimate of drug-likeness (QED) is 0.830. The van der Waals surface area contributed by atoms with E-state index in [2.05, 4.69) is 17.3 Å². The highest BCUT2D eigenvalue weighted by Gasteiger charge is 2.50. The lowest BCUT2D eigenvalue weighted by molar-refractivity contribution is -0.0604. The van der Waals surface area contributed by atoms with Crippen LogP contribution in [0.1, 0.15) is 51.4 Å². The molecule has 5 rings (SSSR count). The maximum Gasteiger partial charge on any atom is 0.00223 e. The molecule has 2 heteroatoms. The Bertz CT molecular complexity index is 316. The molecule has 0 radical (unpaired) electrons. The van der Waals surface area contributed by atoms with Gasteiger partial charge in [-0.2, -0.15) is 0 Å². The summed E-state index contributed by atoms with van der Waals surface area (Å²) in [6, 6.07) is 0. The largest absolute Gasteiger partial charge is 0.319 e. The lowest BCUT2D eigenvalue weighted by Gasteiger charge is -2.57. The molecule has 0 aromatic rings. The van der Waals surface area contributed by atoms with Gasteiger partial charge in [-0.15, -0.1) is 0 Å². The van der Waals surface area contributed by atoms with Crippen molar-refractivity contribution < 1.29 is 0 Å². The van der Waals surface area contributed by atoms with Crippen molar-refractivity contribution in [2.45, 2.75) is 51.4 Å². The summed E-state index contributed by atoms with van der Waals surface area (Å²) in [4.78, 5) is 2.76. The van der Waals surface area contributed by atoms with Crippen molar-refractivity contribution in [1.29, 1.82) is 0 Å². The minimum absolute atomic E-state index is 0.788. The van der Waals surface area contributed by atoms with E-state index in [-0.39, 0.29) is 0 Å². The summed E-state index contributed by atoms with van der Waals surface area (Å²) in [5.41, 5.74) is 0.788. The van der Waals surface area contributed by atoms with Gasteiger partial charge in [-0.1, -0.05) is 0 Å². The summed E-state index contributed by atoms with van der Waals surface area (Å²) in [5.74, 6) is 4.28. The number of nitrogens with one attached hydrogen (secondary N) is 1. The Hall–Kier alpha value is -0.0800. The van der Waals surface area contributed by atoms with Gasteiger partial charge in [0.2, 0.25) is 0 Å². The molecule has 2 nitrogen and oxygen atoms in total. The first kappa shape index (κ1) is 13.6. The first-order valence-electron chi connectivity index (χ1n) is 9.12. The highest BCUT2D eigenvalue weighted by molar-refractivity contribution is 5.01. The fourth-order valence-electron chi connectivity index (χ4n) is 6.56. The second kappa shape index (κ2) is 5.28. The van der Waals surface area contributed by atoms with Gasteiger partial charge < -0.3 is 10.2 Å². The molecule has 1 saturated heterocycles. The molecule has 5 aliphatic rings. The van der Waals surface area contributed by atoms with E-state index < -0.39 is 0 Å². The summed E-state index contributed by atoms with van der Waals surface area (Å²) in [6.45, 7) is 5.33. The van der Waals surface area contributed by atoms with Gasteiger partial charge in [0.15, 0.2) is 0 Å². The third-order valence-corrected chi connectivity index (χ3v) is 6.99. The van der Waals surface area contributed by atoms with Crippen LogP contribution in [0.3, 0.4) is 0 Å². The van der Waals surface area contributed by atoms with Crippen LogP contribution in [0.15, 0.2) is 0 Å². The number of hydrogen-bond donors (Lipinski definition) is 1. The molecule has 1 N–H and O–H groups in total. The maximum atomic E-state index is 3.35. The highest BCUT2D eigenvalue weighted by atomic mass is 15.1. The van der Waals surface area contributed by atoms with Gasteiger partial charge in [-0.25, -0.2) is 0 Å². The Morgan fingerprint density at radius 1 is 1.05 bits per heavy atom. The molecule has 1 heterocycles. The van der Waals surface area contributed by atoms with Crippen LogP contribution < -0.4 is 5.32 Å². The van der Waals surface area contributed by atoms with Crippen molar-refractivity contribution in [1.82, 2.24) is 10.2 Å². The van der Waals surface area contributed by atoms with Gasteiger partial charge in [-0.05, 0) is 107 Å². The second-order valence-electron chi connectivity index (χ2n) is 8.68. The molecule has 4 bridgehead atoms. The predicted octanol–water partition coefficient (Wildman–Crippen LogP) is 3.13. The van der Waals surface area contributed by atoms with Crippen LogP contribution in [0.25, 0.3) is 0 Å². The Kier molecular flexibility index (Phi) is 3.58. The maximum absolute atomic E-state index is 3.35. The molecule has 0 aromatic carbocycles. The topological polar surface area (TPSA) is 15.3 Å². The molecular formula is C18H32N2. The fraction of sp³-hybridized carbons (Fsp3) is 1.00. The fourth-order valence-corrected chi connectivity index (χ4v) is 6.56. The van der Waals surface area contributed by atoms with Gasteiger partial charge in [0.05, 0.1) is 0 Å². The van der Waals surface area contributed by atoms with Gasteiger partial charge in [0.1, 0.15) is 0 Å². The van der Waals surface area contributed by atoms with E-state index >= 15 is 0 Å². The molecule has 4 aliphatic carbocycles. The standard InChI is InChI=1S/C18H32N2/c1-19-12-14-2-4-20(13-14)5-3-18-9-15-6-16(10-18)8-17(7-15)11-18/h14-17,19H,2-13H2,1H3. The molecule has 4 saturated carbocycles. The first-order valence-corrected chi connectivity index (χ1v) is 9.12. The van der Waals surface area contributed by atoms with Gasteiger partial charge in [0, 0.05) is 6.54 Å². The van der Waals surface area contributed by atoms with E-state index in [4.69, 9.17) is 0 Å². The van der Waals surface area contributed by atoms with E-state index in [0.717, 1.165) is 29.1 Å². The van der Waals surface area contributed by atoms with Crippen molar-refractivity contribution in [3.05, 3.63) is 0 Å². The van der Waals surface area contributed by atoms with E-state index in [0.29, 0.717) is 0 Å². The van der Waals surface area contributed by atoms with Crippen LogP contribution in [0, 0.1) is 29.1 Å². The van der Waals surface area contributed by atoms with Gasteiger partial charge >= 0.3 is 0 Å². The zero-order valence-electron chi connectivity index (χ0n) is 13.2. The van der Waals surface area contributed by atoms with Crippen molar-refractivity contribution in [3.8, 4) is 0 Å². The third kappa shape index (κ3) is 2.54.